The number of imidazole rings is 4. The molecular weight excluding hydrogens is 947 g/mol. The molecule has 6 heterocycles. The Balaban J connectivity index is 0.959. The molecule has 0 spiro atoms. The van der Waals surface area contributed by atoms with Crippen molar-refractivity contribution in [3.05, 3.63) is 261 Å². The van der Waals surface area contributed by atoms with E-state index in [1.54, 1.807) is 0 Å². The average Bonchev–Trinajstić information content (AvgIpc) is 4.34. The quantitative estimate of drug-likeness (QED) is 0.112. The van der Waals surface area contributed by atoms with Crippen LogP contribution in [0.2, 0.25) is 0 Å². The molecule has 6 aromatic heterocycles. The van der Waals surface area contributed by atoms with Crippen LogP contribution in [0.1, 0.15) is 0 Å². The van der Waals surface area contributed by atoms with Crippen LogP contribution in [-0.2, 0) is 0 Å². The summed E-state index contributed by atoms with van der Waals surface area (Å²) in [5, 5.41) is 7.56. The van der Waals surface area contributed by atoms with E-state index in [1.807, 2.05) is 12.1 Å². The van der Waals surface area contributed by atoms with Gasteiger partial charge in [-0.3, -0.25) is 13.4 Å². The molecule has 16 rings (SSSR count). The molecule has 9 nitrogen and oxygen atoms in total. The molecule has 0 saturated heterocycles. The molecule has 0 atom stereocenters. The second kappa shape index (κ2) is 16.4. The van der Waals surface area contributed by atoms with Crippen molar-refractivity contribution in [2.45, 2.75) is 0 Å². The zero-order valence-corrected chi connectivity index (χ0v) is 41.9. The topological polar surface area (TPSA) is 75.2 Å². The number of hydrogen-bond acceptors (Lipinski definition) is 4. The Kier molecular flexibility index (Phi) is 9.15. The van der Waals surface area contributed by atoms with E-state index >= 15 is 0 Å². The molecule has 0 aliphatic heterocycles. The summed E-state index contributed by atoms with van der Waals surface area (Å²) < 4.78 is 11.2. The van der Waals surface area contributed by atoms with Crippen LogP contribution in [0.15, 0.2) is 261 Å². The number of rotatable bonds is 8. The van der Waals surface area contributed by atoms with E-state index in [0.29, 0.717) is 11.8 Å². The van der Waals surface area contributed by atoms with Crippen molar-refractivity contribution in [3.63, 3.8) is 0 Å². The van der Waals surface area contributed by atoms with E-state index in [2.05, 4.69) is 271 Å². The molecule has 16 aromatic rings. The van der Waals surface area contributed by atoms with E-state index in [-0.39, 0.29) is 0 Å². The fourth-order valence-electron chi connectivity index (χ4n) is 12.3. The molecule has 10 heteroatoms. The second-order valence-electron chi connectivity index (χ2n) is 19.5. The Hall–Kier alpha value is -10.2. The predicted octanol–water partition coefficient (Wildman–Crippen LogP) is 12.1. The van der Waals surface area contributed by atoms with Gasteiger partial charge in [-0.1, -0.05) is 182 Å². The van der Waals surface area contributed by atoms with Crippen molar-refractivity contribution < 1.29 is 0 Å². The highest BCUT2D eigenvalue weighted by atomic mass is 28.3. The number of hydrogen-bond donors (Lipinski definition) is 0. The molecule has 0 radical (unpaired) electrons. The second-order valence-corrected chi connectivity index (χ2v) is 23.3. The molecule has 0 aliphatic carbocycles. The molecule has 0 bridgehead atoms. The minimum absolute atomic E-state index is 0.502. The van der Waals surface area contributed by atoms with Crippen molar-refractivity contribution >= 4 is 106 Å². The SMILES string of the molecule is c1ccc([Si](c2ccccc2)(c2ccc(-n3c4ccccc4c4ccccc43)cc2)c2cccc(-c3cc(-n4c5ccccc5n5c6ccccc6nc45)nc(-n4c5ccccc5n5c6ccccc6nc45)n3)c2)cc1. The smallest absolute Gasteiger partial charge is 0.239 e. The lowest BCUT2D eigenvalue weighted by Gasteiger charge is -2.35. The maximum Gasteiger partial charge on any atom is 0.239 e. The summed E-state index contributed by atoms with van der Waals surface area (Å²) in [5.74, 6) is 2.69. The molecule has 356 valence electrons. The Morgan fingerprint density at radius 3 is 1.32 bits per heavy atom. The van der Waals surface area contributed by atoms with Crippen LogP contribution in [0.25, 0.3) is 106 Å². The fraction of sp³-hybridized carbons (Fsp3) is 0. The lowest BCUT2D eigenvalue weighted by atomic mass is 10.1. The molecule has 76 heavy (non-hydrogen) atoms. The van der Waals surface area contributed by atoms with Crippen LogP contribution in [0.4, 0.5) is 0 Å². The highest BCUT2D eigenvalue weighted by molar-refractivity contribution is 7.20. The van der Waals surface area contributed by atoms with Crippen molar-refractivity contribution in [1.82, 2.24) is 42.4 Å². The van der Waals surface area contributed by atoms with Crippen LogP contribution >= 0.6 is 0 Å². The molecule has 0 fully saturated rings. The van der Waals surface area contributed by atoms with Crippen LogP contribution in [0.5, 0.6) is 0 Å². The first-order valence-corrected chi connectivity index (χ1v) is 27.6. The van der Waals surface area contributed by atoms with Crippen molar-refractivity contribution in [2.24, 2.45) is 0 Å². The lowest BCUT2D eigenvalue weighted by molar-refractivity contribution is 0.930. The predicted molar refractivity (Wildman–Crippen MR) is 312 cm³/mol. The van der Waals surface area contributed by atoms with E-state index in [9.17, 15) is 0 Å². The molecular formula is C66H43N9Si. The number of benzene rings is 10. The maximum absolute atomic E-state index is 5.63. The van der Waals surface area contributed by atoms with Gasteiger partial charge in [0, 0.05) is 28.1 Å². The highest BCUT2D eigenvalue weighted by Crippen LogP contribution is 2.35. The Bertz CT molecular complexity index is 4690. The van der Waals surface area contributed by atoms with E-state index in [4.69, 9.17) is 19.9 Å². The normalized spacial score (nSPS) is 12.2. The van der Waals surface area contributed by atoms with Gasteiger partial charge in [0.05, 0.1) is 60.9 Å². The summed E-state index contributed by atoms with van der Waals surface area (Å²) >= 11 is 0. The van der Waals surface area contributed by atoms with E-state index in [1.165, 1.54) is 42.6 Å². The third kappa shape index (κ3) is 6.07. The monoisotopic (exact) mass is 989 g/mol. The number of aromatic nitrogens is 9. The summed E-state index contributed by atoms with van der Waals surface area (Å²) in [6, 6.07) is 93.8. The van der Waals surface area contributed by atoms with Gasteiger partial charge in [-0.2, -0.15) is 4.98 Å². The Labute approximate surface area is 436 Å². The lowest BCUT2D eigenvalue weighted by Crippen LogP contribution is -2.74. The van der Waals surface area contributed by atoms with Crippen molar-refractivity contribution in [3.8, 4) is 28.7 Å². The van der Waals surface area contributed by atoms with Crippen LogP contribution < -0.4 is 20.7 Å². The molecule has 0 aliphatic rings. The fourth-order valence-corrected chi connectivity index (χ4v) is 17.0. The zero-order chi connectivity index (χ0) is 49.9. The van der Waals surface area contributed by atoms with Crippen LogP contribution in [-0.4, -0.2) is 50.5 Å². The Morgan fingerprint density at radius 1 is 0.289 bits per heavy atom. The average molecular weight is 990 g/mol. The third-order valence-electron chi connectivity index (χ3n) is 15.5. The van der Waals surface area contributed by atoms with E-state index < -0.39 is 8.07 Å². The molecule has 0 unspecified atom stereocenters. The van der Waals surface area contributed by atoms with Crippen LogP contribution in [0, 0.1) is 0 Å². The van der Waals surface area contributed by atoms with Gasteiger partial charge in [0.15, 0.2) is 8.07 Å². The van der Waals surface area contributed by atoms with Gasteiger partial charge in [-0.25, -0.2) is 19.5 Å². The van der Waals surface area contributed by atoms with Gasteiger partial charge in [0.1, 0.15) is 5.82 Å². The van der Waals surface area contributed by atoms with Gasteiger partial charge >= 0.3 is 0 Å². The summed E-state index contributed by atoms with van der Waals surface area (Å²) in [7, 11) is -3.09. The zero-order valence-electron chi connectivity index (χ0n) is 40.9. The summed E-state index contributed by atoms with van der Waals surface area (Å²) in [5.41, 5.74) is 13.1. The number of nitrogens with zero attached hydrogens (tertiary/aromatic N) is 9. The molecule has 0 amide bonds. The van der Waals surface area contributed by atoms with E-state index in [0.717, 1.165) is 72.6 Å². The Morgan fingerprint density at radius 2 is 0.737 bits per heavy atom. The first kappa shape index (κ1) is 42.4. The summed E-state index contributed by atoms with van der Waals surface area (Å²) in [4.78, 5) is 21.8. The van der Waals surface area contributed by atoms with Crippen molar-refractivity contribution in [2.75, 3.05) is 0 Å². The van der Waals surface area contributed by atoms with Gasteiger partial charge in [0.25, 0.3) is 0 Å². The van der Waals surface area contributed by atoms with Crippen molar-refractivity contribution in [1.29, 1.82) is 0 Å². The molecule has 0 N–H and O–H groups in total. The molecule has 10 aromatic carbocycles. The maximum atomic E-state index is 5.63. The highest BCUT2D eigenvalue weighted by Gasteiger charge is 2.42. The van der Waals surface area contributed by atoms with Gasteiger partial charge < -0.3 is 4.57 Å². The minimum Gasteiger partial charge on any atom is -0.309 e. The number of para-hydroxylation sites is 10. The third-order valence-corrected chi connectivity index (χ3v) is 20.3. The standard InChI is InChI=1S/C66H43N9Si/c1-3-21-46(22-4-1)76(47-23-5-2-6-24-47,48-40-38-45(39-41-48)71-55-30-11-7-26-50(55)51-27-8-12-31-56(51)71)49-25-19-20-44(42-49)54-43-63(74-61-36-17-15-34-59(61)72-57-32-13-9-28-52(57)68-65(72)74)70-64(67-54)75-62-37-18-16-35-60(62)73-58-33-14-10-29-53(58)69-66(73)75/h1-43H. The molecule has 0 saturated carbocycles. The summed E-state index contributed by atoms with van der Waals surface area (Å²) in [6.45, 7) is 0. The minimum atomic E-state index is -3.09. The number of fused-ring (bicyclic) bond motifs is 13. The first-order chi connectivity index (χ1) is 37.7. The van der Waals surface area contributed by atoms with Gasteiger partial charge in [0.2, 0.25) is 17.5 Å². The van der Waals surface area contributed by atoms with Crippen LogP contribution in [0.3, 0.4) is 0 Å². The summed E-state index contributed by atoms with van der Waals surface area (Å²) in [6.07, 6.45) is 0. The van der Waals surface area contributed by atoms with Gasteiger partial charge in [-0.05, 0) is 93.5 Å². The largest absolute Gasteiger partial charge is 0.309 e. The van der Waals surface area contributed by atoms with Gasteiger partial charge in [-0.15, -0.1) is 0 Å². The first-order valence-electron chi connectivity index (χ1n) is 25.6.